The van der Waals surface area contributed by atoms with Gasteiger partial charge in [0.05, 0.1) is 22.5 Å². The maximum atomic E-state index is 12.4. The lowest BCUT2D eigenvalue weighted by Gasteiger charge is -2.23. The number of hydrogen-bond acceptors (Lipinski definition) is 2. The van der Waals surface area contributed by atoms with E-state index in [2.05, 4.69) is 37.6 Å². The van der Waals surface area contributed by atoms with Gasteiger partial charge in [0.15, 0.2) is 5.78 Å². The van der Waals surface area contributed by atoms with E-state index >= 15 is 0 Å². The average Bonchev–Trinajstić information content (AvgIpc) is 2.80. The Morgan fingerprint density at radius 3 is 2.52 bits per heavy atom. The molecule has 0 atom stereocenters. The molecule has 0 saturated heterocycles. The van der Waals surface area contributed by atoms with Crippen LogP contribution in [0.15, 0.2) is 30.3 Å². The van der Waals surface area contributed by atoms with E-state index in [0.29, 0.717) is 6.42 Å². The van der Waals surface area contributed by atoms with E-state index in [1.807, 2.05) is 18.2 Å². The molecule has 1 heterocycles. The molecule has 0 aliphatic heterocycles. The van der Waals surface area contributed by atoms with Crippen molar-refractivity contribution in [2.24, 2.45) is 0 Å². The molecule has 0 amide bonds. The molecule has 110 valence electrons. The number of nitrogens with zero attached hydrogens (tertiary/aromatic N) is 2. The van der Waals surface area contributed by atoms with E-state index in [9.17, 15) is 4.79 Å². The quantitative estimate of drug-likeness (QED) is 0.841. The maximum Gasteiger partial charge on any atom is 0.166 e. The summed E-state index contributed by atoms with van der Waals surface area (Å²) in [6.45, 7) is 6.43. The van der Waals surface area contributed by atoms with Crippen molar-refractivity contribution in [3.05, 3.63) is 52.8 Å². The maximum absolute atomic E-state index is 12.4. The standard InChI is InChI=1S/C18H22N2O/c1-18(2,3)20-15(12-13-8-5-4-6-9-13)17-14(19-20)10-7-11-16(17)21/h4-6,8-9H,7,10-12H2,1-3H3. The van der Waals surface area contributed by atoms with Gasteiger partial charge in [-0.3, -0.25) is 9.48 Å². The van der Waals surface area contributed by atoms with Gasteiger partial charge in [0, 0.05) is 12.8 Å². The van der Waals surface area contributed by atoms with Gasteiger partial charge in [0.1, 0.15) is 0 Å². The number of Topliss-reactive ketones (excluding diaryl/α,β-unsaturated/α-hetero) is 1. The molecular weight excluding hydrogens is 260 g/mol. The Labute approximate surface area is 126 Å². The Balaban J connectivity index is 2.12. The summed E-state index contributed by atoms with van der Waals surface area (Å²) in [4.78, 5) is 12.4. The predicted molar refractivity (Wildman–Crippen MR) is 83.7 cm³/mol. The summed E-state index contributed by atoms with van der Waals surface area (Å²) in [6.07, 6.45) is 3.28. The van der Waals surface area contributed by atoms with E-state index in [4.69, 9.17) is 5.10 Å². The first-order valence-electron chi connectivity index (χ1n) is 7.65. The second-order valence-electron chi connectivity index (χ2n) is 6.79. The largest absolute Gasteiger partial charge is 0.294 e. The number of rotatable bonds is 2. The molecule has 0 spiro atoms. The first kappa shape index (κ1) is 14.1. The van der Waals surface area contributed by atoms with Crippen molar-refractivity contribution in [1.29, 1.82) is 0 Å². The number of hydrogen-bond donors (Lipinski definition) is 0. The van der Waals surface area contributed by atoms with Gasteiger partial charge in [-0.25, -0.2) is 0 Å². The van der Waals surface area contributed by atoms with Crippen molar-refractivity contribution >= 4 is 5.78 Å². The molecule has 0 radical (unpaired) electrons. The number of benzene rings is 1. The normalized spacial score (nSPS) is 15.1. The monoisotopic (exact) mass is 282 g/mol. The molecular formula is C18H22N2O. The molecule has 2 aromatic rings. The zero-order valence-corrected chi connectivity index (χ0v) is 13.0. The van der Waals surface area contributed by atoms with Gasteiger partial charge in [0.25, 0.3) is 0 Å². The second kappa shape index (κ2) is 5.14. The third kappa shape index (κ3) is 2.65. The molecule has 0 saturated carbocycles. The molecule has 1 aromatic heterocycles. The zero-order valence-electron chi connectivity index (χ0n) is 13.0. The Bertz CT molecular complexity index is 663. The Hall–Kier alpha value is -1.90. The van der Waals surface area contributed by atoms with Gasteiger partial charge in [-0.15, -0.1) is 0 Å². The average molecular weight is 282 g/mol. The minimum absolute atomic E-state index is 0.109. The highest BCUT2D eigenvalue weighted by Gasteiger charge is 2.30. The SMILES string of the molecule is CC(C)(C)n1nc2c(c1Cc1ccccc1)C(=O)CCC2. The Kier molecular flexibility index (Phi) is 3.44. The number of fused-ring (bicyclic) bond motifs is 1. The van der Waals surface area contributed by atoms with E-state index < -0.39 is 0 Å². The van der Waals surface area contributed by atoms with Crippen LogP contribution in [0.3, 0.4) is 0 Å². The molecule has 3 heteroatoms. The van der Waals surface area contributed by atoms with Crippen molar-refractivity contribution in [3.63, 3.8) is 0 Å². The Morgan fingerprint density at radius 1 is 1.14 bits per heavy atom. The Morgan fingerprint density at radius 2 is 1.86 bits per heavy atom. The first-order chi connectivity index (χ1) is 9.97. The highest BCUT2D eigenvalue weighted by molar-refractivity contribution is 5.99. The van der Waals surface area contributed by atoms with Gasteiger partial charge in [-0.2, -0.15) is 5.10 Å². The van der Waals surface area contributed by atoms with E-state index in [-0.39, 0.29) is 11.3 Å². The topological polar surface area (TPSA) is 34.9 Å². The fraction of sp³-hybridized carbons (Fsp3) is 0.444. The van der Waals surface area contributed by atoms with Gasteiger partial charge in [-0.1, -0.05) is 30.3 Å². The van der Waals surface area contributed by atoms with Crippen molar-refractivity contribution in [2.75, 3.05) is 0 Å². The molecule has 0 N–H and O–H groups in total. The number of carbonyl (C=O) groups excluding carboxylic acids is 1. The molecule has 0 bridgehead atoms. The van der Waals surface area contributed by atoms with Crippen molar-refractivity contribution in [3.8, 4) is 0 Å². The smallest absolute Gasteiger partial charge is 0.166 e. The van der Waals surface area contributed by atoms with Crippen LogP contribution in [-0.2, 0) is 18.4 Å². The lowest BCUT2D eigenvalue weighted by molar-refractivity contribution is 0.0971. The van der Waals surface area contributed by atoms with Crippen LogP contribution in [0.1, 0.15) is 60.9 Å². The number of aromatic nitrogens is 2. The highest BCUT2D eigenvalue weighted by Crippen LogP contribution is 2.29. The summed E-state index contributed by atoms with van der Waals surface area (Å²) in [7, 11) is 0. The van der Waals surface area contributed by atoms with Crippen LogP contribution in [0, 0.1) is 0 Å². The lowest BCUT2D eigenvalue weighted by Crippen LogP contribution is -2.26. The second-order valence-corrected chi connectivity index (χ2v) is 6.79. The molecule has 1 aromatic carbocycles. The minimum atomic E-state index is -0.109. The van der Waals surface area contributed by atoms with Crippen LogP contribution in [0.5, 0.6) is 0 Å². The molecule has 1 aliphatic rings. The summed E-state index contributed by atoms with van der Waals surface area (Å²) >= 11 is 0. The molecule has 1 aliphatic carbocycles. The summed E-state index contributed by atoms with van der Waals surface area (Å²) in [6, 6.07) is 10.3. The third-order valence-electron chi connectivity index (χ3n) is 4.00. The van der Waals surface area contributed by atoms with Crippen molar-refractivity contribution in [1.82, 2.24) is 9.78 Å². The summed E-state index contributed by atoms with van der Waals surface area (Å²) in [5.41, 5.74) is 4.08. The minimum Gasteiger partial charge on any atom is -0.294 e. The number of ketones is 1. The van der Waals surface area contributed by atoms with Crippen LogP contribution in [0.4, 0.5) is 0 Å². The molecule has 0 unspecified atom stereocenters. The fourth-order valence-corrected chi connectivity index (χ4v) is 3.05. The van der Waals surface area contributed by atoms with E-state index in [1.54, 1.807) is 0 Å². The van der Waals surface area contributed by atoms with Crippen LogP contribution in [0.25, 0.3) is 0 Å². The van der Waals surface area contributed by atoms with Crippen LogP contribution >= 0.6 is 0 Å². The van der Waals surface area contributed by atoms with Gasteiger partial charge in [-0.05, 0) is 39.2 Å². The summed E-state index contributed by atoms with van der Waals surface area (Å²) < 4.78 is 2.06. The summed E-state index contributed by atoms with van der Waals surface area (Å²) in [5.74, 6) is 0.262. The third-order valence-corrected chi connectivity index (χ3v) is 4.00. The first-order valence-corrected chi connectivity index (χ1v) is 7.65. The van der Waals surface area contributed by atoms with E-state index in [0.717, 1.165) is 36.2 Å². The zero-order chi connectivity index (χ0) is 15.0. The number of carbonyl (C=O) groups is 1. The van der Waals surface area contributed by atoms with Gasteiger partial charge in [0.2, 0.25) is 0 Å². The highest BCUT2D eigenvalue weighted by atomic mass is 16.1. The van der Waals surface area contributed by atoms with Crippen LogP contribution in [0.2, 0.25) is 0 Å². The molecule has 3 rings (SSSR count). The van der Waals surface area contributed by atoms with Crippen LogP contribution in [-0.4, -0.2) is 15.6 Å². The van der Waals surface area contributed by atoms with Gasteiger partial charge < -0.3 is 0 Å². The van der Waals surface area contributed by atoms with Crippen molar-refractivity contribution < 1.29 is 4.79 Å². The molecule has 21 heavy (non-hydrogen) atoms. The predicted octanol–water partition coefficient (Wildman–Crippen LogP) is 3.75. The molecule has 3 nitrogen and oxygen atoms in total. The van der Waals surface area contributed by atoms with Gasteiger partial charge >= 0.3 is 0 Å². The van der Waals surface area contributed by atoms with Crippen molar-refractivity contribution in [2.45, 2.75) is 52.0 Å². The van der Waals surface area contributed by atoms with E-state index in [1.165, 1.54) is 5.56 Å². The fourth-order valence-electron chi connectivity index (χ4n) is 3.05. The van der Waals surface area contributed by atoms with Crippen LogP contribution < -0.4 is 0 Å². The lowest BCUT2D eigenvalue weighted by atomic mass is 9.92. The molecule has 0 fully saturated rings. The number of aryl methyl sites for hydroxylation is 1. The summed E-state index contributed by atoms with van der Waals surface area (Å²) in [5, 5.41) is 4.76.